The number of carbonyl (C=O) groups is 2. The second-order valence-electron chi connectivity index (χ2n) is 3.30. The number of rotatable bonds is 2. The molecule has 0 unspecified atom stereocenters. The predicted molar refractivity (Wildman–Crippen MR) is 75.6 cm³/mol. The summed E-state index contributed by atoms with van der Waals surface area (Å²) in [7, 11) is 0. The molecule has 0 atom stereocenters. The van der Waals surface area contributed by atoms with E-state index in [2.05, 4.69) is 9.97 Å². The lowest BCUT2D eigenvalue weighted by atomic mass is 10.4. The molecule has 0 aliphatic carbocycles. The molecule has 2 heterocycles. The third-order valence-electron chi connectivity index (χ3n) is 1.88. The first-order valence-electron chi connectivity index (χ1n) is 5.06. The van der Waals surface area contributed by atoms with Crippen LogP contribution in [0.4, 0.5) is 0 Å². The summed E-state index contributed by atoms with van der Waals surface area (Å²) in [5.74, 6) is -1.04. The fourth-order valence-electron chi connectivity index (χ4n) is 0.994. The Bertz CT molecular complexity index is 545. The molecule has 5 nitrogen and oxygen atoms in total. The summed E-state index contributed by atoms with van der Waals surface area (Å²) in [5.41, 5.74) is 0.218. The number of aromatic carboxylic acids is 1. The molecule has 20 heavy (non-hydrogen) atoms. The van der Waals surface area contributed by atoms with Crippen molar-refractivity contribution in [2.45, 2.75) is 0 Å². The molecule has 2 rings (SSSR count). The number of hydrogen-bond donors (Lipinski definition) is 1. The lowest BCUT2D eigenvalue weighted by Crippen LogP contribution is -1.98. The van der Waals surface area contributed by atoms with Crippen molar-refractivity contribution in [2.75, 3.05) is 0 Å². The number of nitrogens with zero attached hydrogens (tertiary/aromatic N) is 2. The summed E-state index contributed by atoms with van der Waals surface area (Å²) in [6.45, 7) is 0. The van der Waals surface area contributed by atoms with Crippen molar-refractivity contribution >= 4 is 46.0 Å². The zero-order valence-electron chi connectivity index (χ0n) is 9.76. The Morgan fingerprint density at radius 3 is 1.65 bits per heavy atom. The van der Waals surface area contributed by atoms with Gasteiger partial charge in [-0.15, -0.1) is 0 Å². The van der Waals surface area contributed by atoms with Crippen molar-refractivity contribution in [1.82, 2.24) is 9.97 Å². The van der Waals surface area contributed by atoms with Crippen LogP contribution < -0.4 is 0 Å². The van der Waals surface area contributed by atoms with Gasteiger partial charge in [-0.3, -0.25) is 9.78 Å². The van der Waals surface area contributed by atoms with Crippen LogP contribution in [0.1, 0.15) is 21.0 Å². The maximum Gasteiger partial charge on any atom is 0.354 e. The molecule has 0 amide bonds. The van der Waals surface area contributed by atoms with Gasteiger partial charge in [0.05, 0.1) is 10.0 Å². The summed E-state index contributed by atoms with van der Waals surface area (Å²) >= 11 is 16.1. The van der Waals surface area contributed by atoms with Crippen LogP contribution in [0.25, 0.3) is 0 Å². The van der Waals surface area contributed by atoms with E-state index in [0.717, 1.165) is 0 Å². The molecule has 104 valence electrons. The summed E-state index contributed by atoms with van der Waals surface area (Å²) in [6, 6.07) is 5.87. The van der Waals surface area contributed by atoms with Gasteiger partial charge in [0, 0.05) is 12.4 Å². The number of pyridine rings is 2. The number of halogens is 3. The van der Waals surface area contributed by atoms with Gasteiger partial charge in [-0.05, 0) is 35.9 Å². The molecule has 0 aliphatic heterocycles. The molecule has 0 aromatic carbocycles. The van der Waals surface area contributed by atoms with Crippen molar-refractivity contribution in [3.63, 3.8) is 0 Å². The van der Waals surface area contributed by atoms with Crippen molar-refractivity contribution in [3.8, 4) is 0 Å². The van der Waals surface area contributed by atoms with Crippen LogP contribution in [0.15, 0.2) is 36.7 Å². The minimum atomic E-state index is -1.04. The van der Waals surface area contributed by atoms with Gasteiger partial charge in [0.2, 0.25) is 0 Å². The van der Waals surface area contributed by atoms with Crippen LogP contribution in [0.3, 0.4) is 0 Å². The Morgan fingerprint density at radius 1 is 0.900 bits per heavy atom. The molecule has 0 saturated heterocycles. The minimum absolute atomic E-state index is 0.00407. The number of hydrogen-bond acceptors (Lipinski definition) is 4. The Kier molecular flexibility index (Phi) is 6.38. The molecule has 0 radical (unpaired) electrons. The molecule has 2 aromatic rings. The number of carboxylic acid groups (broad SMARTS) is 1. The van der Waals surface area contributed by atoms with Gasteiger partial charge < -0.3 is 5.11 Å². The monoisotopic (exact) mass is 332 g/mol. The Balaban J connectivity index is 0.000000200. The Labute approximate surface area is 129 Å². The fourth-order valence-corrected chi connectivity index (χ4v) is 1.33. The van der Waals surface area contributed by atoms with Crippen molar-refractivity contribution in [1.29, 1.82) is 0 Å². The SMILES string of the molecule is O=C(Cl)c1ccc(Cl)cn1.O=C(O)c1ccc(Cl)cn1. The quantitative estimate of drug-likeness (QED) is 0.850. The van der Waals surface area contributed by atoms with E-state index in [1.54, 1.807) is 6.07 Å². The zero-order valence-corrected chi connectivity index (χ0v) is 12.0. The molecule has 0 bridgehead atoms. The largest absolute Gasteiger partial charge is 0.477 e. The highest BCUT2D eigenvalue weighted by molar-refractivity contribution is 6.67. The van der Waals surface area contributed by atoms with Gasteiger partial charge in [0.15, 0.2) is 0 Å². The highest BCUT2D eigenvalue weighted by Crippen LogP contribution is 2.07. The van der Waals surface area contributed by atoms with Gasteiger partial charge in [0.25, 0.3) is 5.24 Å². The first-order chi connectivity index (χ1) is 9.40. The van der Waals surface area contributed by atoms with Gasteiger partial charge in [0.1, 0.15) is 11.4 Å². The molecular weight excluding hydrogens is 327 g/mol. The predicted octanol–water partition coefficient (Wildman–Crippen LogP) is 3.55. The highest BCUT2D eigenvalue weighted by Gasteiger charge is 2.01. The molecule has 0 aliphatic rings. The van der Waals surface area contributed by atoms with Crippen LogP contribution in [0.5, 0.6) is 0 Å². The van der Waals surface area contributed by atoms with Crippen LogP contribution in [-0.4, -0.2) is 26.3 Å². The second-order valence-corrected chi connectivity index (χ2v) is 4.52. The molecule has 0 saturated carbocycles. The average Bonchev–Trinajstić information content (AvgIpc) is 2.40. The van der Waals surface area contributed by atoms with Gasteiger partial charge in [-0.1, -0.05) is 23.2 Å². The maximum absolute atomic E-state index is 10.4. The molecule has 1 N–H and O–H groups in total. The van der Waals surface area contributed by atoms with Crippen molar-refractivity contribution in [2.24, 2.45) is 0 Å². The van der Waals surface area contributed by atoms with E-state index in [0.29, 0.717) is 10.0 Å². The first kappa shape index (κ1) is 16.4. The maximum atomic E-state index is 10.4. The first-order valence-corrected chi connectivity index (χ1v) is 6.20. The third-order valence-corrected chi connectivity index (χ3v) is 2.52. The second kappa shape index (κ2) is 7.79. The average molecular weight is 334 g/mol. The van der Waals surface area contributed by atoms with E-state index in [-0.39, 0.29) is 11.4 Å². The third kappa shape index (κ3) is 5.52. The van der Waals surface area contributed by atoms with E-state index in [9.17, 15) is 9.59 Å². The summed E-state index contributed by atoms with van der Waals surface area (Å²) in [4.78, 5) is 27.8. The summed E-state index contributed by atoms with van der Waals surface area (Å²) in [5, 5.41) is 8.72. The summed E-state index contributed by atoms with van der Waals surface area (Å²) in [6.07, 6.45) is 2.67. The van der Waals surface area contributed by atoms with Crippen LogP contribution in [0, 0.1) is 0 Å². The van der Waals surface area contributed by atoms with Crippen molar-refractivity contribution in [3.05, 3.63) is 58.1 Å². The molecule has 2 aromatic heterocycles. The minimum Gasteiger partial charge on any atom is -0.477 e. The zero-order chi connectivity index (χ0) is 15.1. The Hall–Kier alpha value is -1.69. The molecule has 0 spiro atoms. The molecular formula is C12H7Cl3N2O3. The number of aromatic nitrogens is 2. The highest BCUT2D eigenvalue weighted by atomic mass is 35.5. The van der Waals surface area contributed by atoms with Crippen LogP contribution >= 0.6 is 34.8 Å². The van der Waals surface area contributed by atoms with Gasteiger partial charge >= 0.3 is 5.97 Å². The number of carbonyl (C=O) groups excluding carboxylic acids is 1. The van der Waals surface area contributed by atoms with Gasteiger partial charge in [-0.2, -0.15) is 0 Å². The normalized spacial score (nSPS) is 9.35. The smallest absolute Gasteiger partial charge is 0.354 e. The topological polar surface area (TPSA) is 80.2 Å². The van der Waals surface area contributed by atoms with E-state index in [4.69, 9.17) is 39.9 Å². The molecule has 0 fully saturated rings. The molecule has 8 heteroatoms. The van der Waals surface area contributed by atoms with Gasteiger partial charge in [-0.25, -0.2) is 9.78 Å². The van der Waals surface area contributed by atoms with Crippen LogP contribution in [-0.2, 0) is 0 Å². The fraction of sp³-hybridized carbons (Fsp3) is 0. The Morgan fingerprint density at radius 2 is 1.35 bits per heavy atom. The van der Waals surface area contributed by atoms with E-state index >= 15 is 0 Å². The number of carboxylic acids is 1. The van der Waals surface area contributed by atoms with Crippen molar-refractivity contribution < 1.29 is 14.7 Å². The lowest BCUT2D eigenvalue weighted by molar-refractivity contribution is 0.0690. The standard InChI is InChI=1S/C6H3Cl2NO.C6H4ClNO2/c7-4-1-2-5(6(8)10)9-3-4;7-4-1-2-5(6(9)10)8-3-4/h1-3H;1-3H,(H,9,10). The lowest BCUT2D eigenvalue weighted by Gasteiger charge is -1.90. The van der Waals surface area contributed by atoms with E-state index in [1.165, 1.54) is 30.6 Å². The van der Waals surface area contributed by atoms with E-state index in [1.807, 2.05) is 0 Å². The summed E-state index contributed by atoms with van der Waals surface area (Å²) < 4.78 is 0. The van der Waals surface area contributed by atoms with E-state index < -0.39 is 11.2 Å². The van der Waals surface area contributed by atoms with Crippen LogP contribution in [0.2, 0.25) is 10.0 Å².